The van der Waals surface area contributed by atoms with Crippen molar-refractivity contribution < 1.29 is 0 Å². The van der Waals surface area contributed by atoms with Crippen molar-refractivity contribution in [2.24, 2.45) is 13.0 Å². The minimum atomic E-state index is 0.698. The Morgan fingerprint density at radius 2 is 2.29 bits per heavy atom. The van der Waals surface area contributed by atoms with Gasteiger partial charge in [-0.2, -0.15) is 5.10 Å². The van der Waals surface area contributed by atoms with E-state index < -0.39 is 0 Å². The highest BCUT2D eigenvalue weighted by molar-refractivity contribution is 5.28. The molecule has 0 radical (unpaired) electrons. The van der Waals surface area contributed by atoms with Crippen LogP contribution in [0.2, 0.25) is 0 Å². The van der Waals surface area contributed by atoms with Crippen molar-refractivity contribution in [2.45, 2.75) is 33.2 Å². The Balaban J connectivity index is 2.31. The molecule has 3 nitrogen and oxygen atoms in total. The predicted molar refractivity (Wildman–Crippen MR) is 57.2 cm³/mol. The lowest BCUT2D eigenvalue weighted by molar-refractivity contribution is 0.593. The third kappa shape index (κ3) is 1.69. The molecule has 0 unspecified atom stereocenters. The molecule has 0 bridgehead atoms. The van der Waals surface area contributed by atoms with Crippen LogP contribution in [-0.2, 0) is 26.4 Å². The maximum atomic E-state index is 4.61. The van der Waals surface area contributed by atoms with Gasteiger partial charge in [-0.3, -0.25) is 4.68 Å². The van der Waals surface area contributed by atoms with Crippen LogP contribution >= 0.6 is 0 Å². The minimum Gasteiger partial charge on any atom is -0.311 e. The molecule has 2 heterocycles. The first-order valence-electron chi connectivity index (χ1n) is 5.43. The van der Waals surface area contributed by atoms with E-state index in [1.54, 1.807) is 0 Å². The van der Waals surface area contributed by atoms with Crippen molar-refractivity contribution in [3.05, 3.63) is 17.0 Å². The van der Waals surface area contributed by atoms with Crippen molar-refractivity contribution in [3.8, 4) is 0 Å². The molecule has 0 saturated heterocycles. The maximum Gasteiger partial charge on any atom is 0.0662 e. The lowest BCUT2D eigenvalue weighted by atomic mass is 10.00. The molecule has 0 aliphatic carbocycles. The predicted octanol–water partition coefficient (Wildman–Crippen LogP) is 1.26. The third-order valence-corrected chi connectivity index (χ3v) is 2.80. The zero-order valence-electron chi connectivity index (χ0n) is 9.30. The van der Waals surface area contributed by atoms with Crippen LogP contribution in [0.3, 0.4) is 0 Å². The Hall–Kier alpha value is -0.830. The van der Waals surface area contributed by atoms with Crippen LogP contribution in [0.4, 0.5) is 0 Å². The summed E-state index contributed by atoms with van der Waals surface area (Å²) in [6.07, 6.45) is 2.26. The molecule has 1 aromatic rings. The van der Waals surface area contributed by atoms with Crippen LogP contribution in [0.5, 0.6) is 0 Å². The van der Waals surface area contributed by atoms with Crippen molar-refractivity contribution in [1.29, 1.82) is 0 Å². The molecule has 1 N–H and O–H groups in total. The highest BCUT2D eigenvalue weighted by Crippen LogP contribution is 2.19. The number of fused-ring (bicyclic) bond motifs is 1. The van der Waals surface area contributed by atoms with Crippen LogP contribution in [0.15, 0.2) is 0 Å². The fraction of sp³-hybridized carbons (Fsp3) is 0.727. The van der Waals surface area contributed by atoms with E-state index in [-0.39, 0.29) is 0 Å². The second kappa shape index (κ2) is 3.73. The smallest absolute Gasteiger partial charge is 0.0662 e. The monoisotopic (exact) mass is 193 g/mol. The zero-order valence-corrected chi connectivity index (χ0v) is 9.30. The summed E-state index contributed by atoms with van der Waals surface area (Å²) in [5.74, 6) is 0.698. The van der Waals surface area contributed by atoms with Gasteiger partial charge in [0, 0.05) is 13.6 Å². The third-order valence-electron chi connectivity index (χ3n) is 2.80. The van der Waals surface area contributed by atoms with Gasteiger partial charge < -0.3 is 5.32 Å². The largest absolute Gasteiger partial charge is 0.311 e. The summed E-state index contributed by atoms with van der Waals surface area (Å²) in [5.41, 5.74) is 4.20. The van der Waals surface area contributed by atoms with Crippen LogP contribution in [0.1, 0.15) is 30.8 Å². The first-order valence-corrected chi connectivity index (χ1v) is 5.43. The van der Waals surface area contributed by atoms with Gasteiger partial charge in [-0.1, -0.05) is 13.8 Å². The number of hydrogen-bond acceptors (Lipinski definition) is 2. The van der Waals surface area contributed by atoms with Gasteiger partial charge >= 0.3 is 0 Å². The van der Waals surface area contributed by atoms with Gasteiger partial charge in [-0.05, 0) is 30.9 Å². The Labute approximate surface area is 85.5 Å². The van der Waals surface area contributed by atoms with E-state index in [0.29, 0.717) is 5.92 Å². The maximum absolute atomic E-state index is 4.61. The van der Waals surface area contributed by atoms with E-state index in [1.807, 2.05) is 4.68 Å². The van der Waals surface area contributed by atoms with Crippen LogP contribution in [-0.4, -0.2) is 16.3 Å². The summed E-state index contributed by atoms with van der Waals surface area (Å²) in [6.45, 7) is 6.59. The van der Waals surface area contributed by atoms with Crippen molar-refractivity contribution in [1.82, 2.24) is 15.1 Å². The second-order valence-corrected chi connectivity index (χ2v) is 4.52. The molecular weight excluding hydrogens is 174 g/mol. The van der Waals surface area contributed by atoms with Crippen molar-refractivity contribution >= 4 is 0 Å². The molecule has 0 atom stereocenters. The van der Waals surface area contributed by atoms with Gasteiger partial charge in [0.1, 0.15) is 0 Å². The lowest BCUT2D eigenvalue weighted by Gasteiger charge is -2.14. The van der Waals surface area contributed by atoms with E-state index >= 15 is 0 Å². The van der Waals surface area contributed by atoms with E-state index in [4.69, 9.17) is 0 Å². The SMILES string of the molecule is CC(C)Cc1nn(C)c2c1CCNC2. The van der Waals surface area contributed by atoms with E-state index in [9.17, 15) is 0 Å². The molecule has 0 amide bonds. The topological polar surface area (TPSA) is 29.9 Å². The summed E-state index contributed by atoms with van der Waals surface area (Å²) < 4.78 is 2.04. The minimum absolute atomic E-state index is 0.698. The van der Waals surface area contributed by atoms with Crippen LogP contribution in [0, 0.1) is 5.92 Å². The summed E-state index contributed by atoms with van der Waals surface area (Å²) in [5, 5.41) is 8.00. The summed E-state index contributed by atoms with van der Waals surface area (Å²) in [7, 11) is 2.05. The zero-order chi connectivity index (χ0) is 10.1. The summed E-state index contributed by atoms with van der Waals surface area (Å²) >= 11 is 0. The van der Waals surface area contributed by atoms with Crippen molar-refractivity contribution in [2.75, 3.05) is 6.54 Å². The normalized spacial score (nSPS) is 16.0. The first-order chi connectivity index (χ1) is 6.68. The molecular formula is C11H19N3. The van der Waals surface area contributed by atoms with E-state index in [0.717, 1.165) is 25.9 Å². The fourth-order valence-corrected chi connectivity index (χ4v) is 2.14. The standard InChI is InChI=1S/C11H19N3/c1-8(2)6-10-9-4-5-12-7-11(9)14(3)13-10/h8,12H,4-7H2,1-3H3. The molecule has 2 rings (SSSR count). The Bertz CT molecular complexity index is 326. The Morgan fingerprint density at radius 1 is 1.50 bits per heavy atom. The number of nitrogens with one attached hydrogen (secondary N) is 1. The molecule has 1 aliphatic heterocycles. The van der Waals surface area contributed by atoms with Crippen LogP contribution in [0.25, 0.3) is 0 Å². The average molecular weight is 193 g/mol. The number of rotatable bonds is 2. The second-order valence-electron chi connectivity index (χ2n) is 4.52. The molecule has 14 heavy (non-hydrogen) atoms. The average Bonchev–Trinajstić information content (AvgIpc) is 2.44. The molecule has 3 heteroatoms. The number of aryl methyl sites for hydroxylation is 1. The molecule has 78 valence electrons. The van der Waals surface area contributed by atoms with Crippen LogP contribution < -0.4 is 5.32 Å². The van der Waals surface area contributed by atoms with E-state index in [1.165, 1.54) is 17.0 Å². The molecule has 0 saturated carbocycles. The Kier molecular flexibility index (Phi) is 2.59. The van der Waals surface area contributed by atoms with Gasteiger partial charge in [-0.15, -0.1) is 0 Å². The van der Waals surface area contributed by atoms with Gasteiger partial charge in [0.25, 0.3) is 0 Å². The van der Waals surface area contributed by atoms with Gasteiger partial charge in [0.05, 0.1) is 11.4 Å². The van der Waals surface area contributed by atoms with Crippen molar-refractivity contribution in [3.63, 3.8) is 0 Å². The quantitative estimate of drug-likeness (QED) is 0.766. The fourth-order valence-electron chi connectivity index (χ4n) is 2.14. The van der Waals surface area contributed by atoms with Gasteiger partial charge in [0.15, 0.2) is 0 Å². The highest BCUT2D eigenvalue weighted by atomic mass is 15.3. The number of nitrogens with zero attached hydrogens (tertiary/aromatic N) is 2. The van der Waals surface area contributed by atoms with Gasteiger partial charge in [-0.25, -0.2) is 0 Å². The molecule has 1 aromatic heterocycles. The molecule has 0 aromatic carbocycles. The summed E-state index contributed by atoms with van der Waals surface area (Å²) in [6, 6.07) is 0. The summed E-state index contributed by atoms with van der Waals surface area (Å²) in [4.78, 5) is 0. The molecule has 0 fully saturated rings. The highest BCUT2D eigenvalue weighted by Gasteiger charge is 2.18. The Morgan fingerprint density at radius 3 is 3.00 bits per heavy atom. The number of aromatic nitrogens is 2. The number of hydrogen-bond donors (Lipinski definition) is 1. The van der Waals surface area contributed by atoms with Gasteiger partial charge in [0.2, 0.25) is 0 Å². The molecule has 0 spiro atoms. The first kappa shape index (κ1) is 9.71. The molecule has 1 aliphatic rings. The van der Waals surface area contributed by atoms with E-state index in [2.05, 4.69) is 31.3 Å². The lowest BCUT2D eigenvalue weighted by Crippen LogP contribution is -2.25.